The van der Waals surface area contributed by atoms with Crippen molar-refractivity contribution < 1.29 is 17.6 Å². The molecule has 2 aromatic rings. The van der Waals surface area contributed by atoms with Crippen LogP contribution in [0.25, 0.3) is 6.08 Å². The lowest BCUT2D eigenvalue weighted by molar-refractivity contribution is -0.128. The lowest BCUT2D eigenvalue weighted by Gasteiger charge is -2.27. The van der Waals surface area contributed by atoms with E-state index in [-0.39, 0.29) is 35.8 Å². The second-order valence-corrected chi connectivity index (χ2v) is 9.20. The van der Waals surface area contributed by atoms with Crippen molar-refractivity contribution in [3.63, 3.8) is 0 Å². The van der Waals surface area contributed by atoms with Crippen LogP contribution in [-0.4, -0.2) is 36.8 Å². The van der Waals surface area contributed by atoms with Crippen molar-refractivity contribution in [1.82, 2.24) is 4.90 Å². The van der Waals surface area contributed by atoms with Gasteiger partial charge >= 0.3 is 0 Å². The van der Waals surface area contributed by atoms with E-state index in [1.165, 1.54) is 18.2 Å². The number of hydrogen-bond acceptors (Lipinski definition) is 3. The summed E-state index contributed by atoms with van der Waals surface area (Å²) >= 11 is 5.86. The van der Waals surface area contributed by atoms with Crippen molar-refractivity contribution in [3.8, 4) is 0 Å². The Hall–Kier alpha value is -2.18. The van der Waals surface area contributed by atoms with Gasteiger partial charge in [0.25, 0.3) is 0 Å². The predicted molar refractivity (Wildman–Crippen MR) is 104 cm³/mol. The van der Waals surface area contributed by atoms with Crippen LogP contribution < -0.4 is 0 Å². The van der Waals surface area contributed by atoms with Crippen LogP contribution in [0.2, 0.25) is 5.02 Å². The van der Waals surface area contributed by atoms with Gasteiger partial charge in [-0.2, -0.15) is 0 Å². The first kappa shape index (κ1) is 19.6. The first-order valence-electron chi connectivity index (χ1n) is 8.51. The zero-order valence-electron chi connectivity index (χ0n) is 14.5. The van der Waals surface area contributed by atoms with Gasteiger partial charge in [0.05, 0.1) is 11.5 Å². The minimum Gasteiger partial charge on any atom is -0.331 e. The fourth-order valence-corrected chi connectivity index (χ4v) is 4.89. The van der Waals surface area contributed by atoms with Gasteiger partial charge in [-0.05, 0) is 47.9 Å². The summed E-state index contributed by atoms with van der Waals surface area (Å²) in [6.45, 7) is 0.226. The Bertz CT molecular complexity index is 940. The Morgan fingerprint density at radius 2 is 1.81 bits per heavy atom. The summed E-state index contributed by atoms with van der Waals surface area (Å²) in [5.41, 5.74) is 1.56. The van der Waals surface area contributed by atoms with Gasteiger partial charge in [0.2, 0.25) is 5.91 Å². The van der Waals surface area contributed by atoms with Crippen LogP contribution in [0.3, 0.4) is 0 Å². The Kier molecular flexibility index (Phi) is 5.97. The third-order valence-corrected chi connectivity index (χ3v) is 6.49. The molecule has 1 aliphatic rings. The summed E-state index contributed by atoms with van der Waals surface area (Å²) in [6.07, 6.45) is 3.50. The number of benzene rings is 2. The summed E-state index contributed by atoms with van der Waals surface area (Å²) in [5, 5.41) is 0.604. The minimum atomic E-state index is -3.14. The molecule has 1 atom stereocenters. The van der Waals surface area contributed by atoms with E-state index in [9.17, 15) is 17.6 Å². The average molecular weight is 408 g/mol. The Labute approximate surface area is 163 Å². The van der Waals surface area contributed by atoms with Crippen molar-refractivity contribution >= 4 is 33.4 Å². The van der Waals surface area contributed by atoms with E-state index in [1.807, 2.05) is 0 Å². The summed E-state index contributed by atoms with van der Waals surface area (Å²) in [6, 6.07) is 12.5. The molecule has 1 saturated heterocycles. The molecule has 4 nitrogen and oxygen atoms in total. The molecule has 1 unspecified atom stereocenters. The average Bonchev–Trinajstić information content (AvgIpc) is 3.00. The Balaban J connectivity index is 1.80. The van der Waals surface area contributed by atoms with Gasteiger partial charge in [0.1, 0.15) is 5.82 Å². The van der Waals surface area contributed by atoms with Crippen LogP contribution in [-0.2, 0) is 21.2 Å². The molecule has 0 saturated carbocycles. The largest absolute Gasteiger partial charge is 0.331 e. The summed E-state index contributed by atoms with van der Waals surface area (Å²) in [7, 11) is -3.14. The molecular weight excluding hydrogens is 389 g/mol. The zero-order valence-corrected chi connectivity index (χ0v) is 16.1. The molecule has 3 rings (SSSR count). The number of nitrogens with zero attached hydrogens (tertiary/aromatic N) is 1. The van der Waals surface area contributed by atoms with Gasteiger partial charge in [-0.15, -0.1) is 0 Å². The lowest BCUT2D eigenvalue weighted by atomic mass is 10.1. The number of carbonyl (C=O) groups excluding carboxylic acids is 1. The van der Waals surface area contributed by atoms with Crippen LogP contribution in [0.15, 0.2) is 54.6 Å². The Morgan fingerprint density at radius 1 is 1.15 bits per heavy atom. The summed E-state index contributed by atoms with van der Waals surface area (Å²) < 4.78 is 36.9. The van der Waals surface area contributed by atoms with Gasteiger partial charge in [-0.1, -0.05) is 35.9 Å². The number of halogens is 2. The number of amides is 1. The quantitative estimate of drug-likeness (QED) is 0.710. The molecule has 142 valence electrons. The first-order valence-corrected chi connectivity index (χ1v) is 10.7. The molecule has 27 heavy (non-hydrogen) atoms. The third-order valence-electron chi connectivity index (χ3n) is 4.49. The molecule has 1 aliphatic heterocycles. The van der Waals surface area contributed by atoms with Gasteiger partial charge in [-0.25, -0.2) is 12.8 Å². The third kappa shape index (κ3) is 5.40. The number of carbonyl (C=O) groups is 1. The molecule has 0 N–H and O–H groups in total. The van der Waals surface area contributed by atoms with E-state index in [2.05, 4.69) is 0 Å². The maximum atomic E-state index is 13.1. The molecular formula is C20H19ClFNO3S. The molecule has 1 fully saturated rings. The van der Waals surface area contributed by atoms with Crippen LogP contribution in [0.1, 0.15) is 17.5 Å². The van der Waals surface area contributed by atoms with E-state index in [0.29, 0.717) is 11.4 Å². The van der Waals surface area contributed by atoms with Gasteiger partial charge < -0.3 is 4.90 Å². The maximum absolute atomic E-state index is 13.1. The van der Waals surface area contributed by atoms with Crippen LogP contribution in [0.4, 0.5) is 4.39 Å². The van der Waals surface area contributed by atoms with Crippen molar-refractivity contribution in [1.29, 1.82) is 0 Å². The summed E-state index contributed by atoms with van der Waals surface area (Å²) in [4.78, 5) is 14.3. The molecule has 0 aliphatic carbocycles. The van der Waals surface area contributed by atoms with Crippen molar-refractivity contribution in [2.24, 2.45) is 0 Å². The van der Waals surface area contributed by atoms with Crippen molar-refractivity contribution in [2.75, 3.05) is 11.5 Å². The molecule has 2 aromatic carbocycles. The smallest absolute Gasteiger partial charge is 0.247 e. The molecule has 7 heteroatoms. The molecule has 1 heterocycles. The summed E-state index contributed by atoms with van der Waals surface area (Å²) in [5.74, 6) is -0.611. The molecule has 0 spiro atoms. The van der Waals surface area contributed by atoms with Crippen LogP contribution >= 0.6 is 11.6 Å². The predicted octanol–water partition coefficient (Wildman–Crippen LogP) is 3.71. The van der Waals surface area contributed by atoms with E-state index >= 15 is 0 Å². The minimum absolute atomic E-state index is 0.0469. The van der Waals surface area contributed by atoms with Gasteiger partial charge in [-0.3, -0.25) is 4.79 Å². The van der Waals surface area contributed by atoms with E-state index in [4.69, 9.17) is 11.6 Å². The standard InChI is InChI=1S/C20H19ClFNO3S/c21-17-6-1-15(2-7-17)5-10-20(24)23(19-11-12-27(25,26)14-19)13-16-3-8-18(22)9-4-16/h1-10,19H,11-14H2/b10-5+. The van der Waals surface area contributed by atoms with E-state index in [1.54, 1.807) is 47.4 Å². The van der Waals surface area contributed by atoms with Gasteiger partial charge in [0, 0.05) is 23.7 Å². The van der Waals surface area contributed by atoms with Crippen molar-refractivity contribution in [3.05, 3.63) is 76.6 Å². The normalized spacial score (nSPS) is 18.7. The van der Waals surface area contributed by atoms with Gasteiger partial charge in [0.15, 0.2) is 9.84 Å². The number of rotatable bonds is 5. The van der Waals surface area contributed by atoms with Crippen LogP contribution in [0.5, 0.6) is 0 Å². The van der Waals surface area contributed by atoms with E-state index in [0.717, 1.165) is 11.1 Å². The second kappa shape index (κ2) is 8.23. The van der Waals surface area contributed by atoms with E-state index < -0.39 is 9.84 Å². The lowest BCUT2D eigenvalue weighted by Crippen LogP contribution is -2.39. The highest BCUT2D eigenvalue weighted by Crippen LogP contribution is 2.21. The number of sulfone groups is 1. The topological polar surface area (TPSA) is 54.5 Å². The zero-order chi connectivity index (χ0) is 19.4. The SMILES string of the molecule is O=C(/C=C/c1ccc(Cl)cc1)N(Cc1ccc(F)cc1)C1CCS(=O)(=O)C1. The molecule has 1 amide bonds. The first-order chi connectivity index (χ1) is 12.8. The highest BCUT2D eigenvalue weighted by atomic mass is 35.5. The van der Waals surface area contributed by atoms with Crippen molar-refractivity contribution in [2.45, 2.75) is 19.0 Å². The monoisotopic (exact) mass is 407 g/mol. The Morgan fingerprint density at radius 3 is 2.41 bits per heavy atom. The van der Waals surface area contributed by atoms with Crippen LogP contribution in [0, 0.1) is 5.82 Å². The molecule has 0 radical (unpaired) electrons. The molecule has 0 bridgehead atoms. The fraction of sp³-hybridized carbons (Fsp3) is 0.250. The highest BCUT2D eigenvalue weighted by molar-refractivity contribution is 7.91. The second-order valence-electron chi connectivity index (χ2n) is 6.53. The number of hydrogen-bond donors (Lipinski definition) is 0. The highest BCUT2D eigenvalue weighted by Gasteiger charge is 2.34. The molecule has 0 aromatic heterocycles. The fourth-order valence-electron chi connectivity index (χ4n) is 3.03. The maximum Gasteiger partial charge on any atom is 0.247 e.